The van der Waals surface area contributed by atoms with Crippen molar-refractivity contribution in [1.82, 2.24) is 4.72 Å². The molecule has 1 aromatic rings. The molecule has 1 saturated heterocycles. The van der Waals surface area contributed by atoms with E-state index in [-0.39, 0.29) is 13.2 Å². The summed E-state index contributed by atoms with van der Waals surface area (Å²) in [6, 6.07) is 0.973. The molecule has 1 aromatic carbocycles. The largest absolute Gasteiger partial charge is 0.481 e. The van der Waals surface area contributed by atoms with Crippen LogP contribution in [0.5, 0.6) is 0 Å². The van der Waals surface area contributed by atoms with E-state index in [1.54, 1.807) is 0 Å². The maximum atomic E-state index is 13.6. The zero-order chi connectivity index (χ0) is 15.8. The predicted molar refractivity (Wildman–Crippen MR) is 67.0 cm³/mol. The van der Waals surface area contributed by atoms with E-state index in [1.807, 2.05) is 0 Å². The van der Waals surface area contributed by atoms with Crippen LogP contribution < -0.4 is 4.72 Å². The van der Waals surface area contributed by atoms with Gasteiger partial charge in [-0.15, -0.1) is 0 Å². The van der Waals surface area contributed by atoms with Crippen LogP contribution in [0.25, 0.3) is 0 Å². The molecular weight excluding hydrogens is 308 g/mol. The molecule has 0 bridgehead atoms. The molecule has 116 valence electrons. The summed E-state index contributed by atoms with van der Waals surface area (Å²) in [5.74, 6) is -3.39. The molecule has 0 aromatic heterocycles. The summed E-state index contributed by atoms with van der Waals surface area (Å²) < 4.78 is 57.7. The molecule has 0 amide bonds. The van der Waals surface area contributed by atoms with E-state index in [0.29, 0.717) is 6.07 Å². The molecule has 0 saturated carbocycles. The number of nitrogens with one attached hydrogen (secondary N) is 1. The van der Waals surface area contributed by atoms with Crippen molar-refractivity contribution >= 4 is 16.0 Å². The zero-order valence-corrected chi connectivity index (χ0v) is 11.8. The van der Waals surface area contributed by atoms with Crippen molar-refractivity contribution in [2.24, 2.45) is 5.41 Å². The van der Waals surface area contributed by atoms with E-state index in [2.05, 4.69) is 4.72 Å². The SMILES string of the molecule is CC1(C(=O)O)COCC1NS(=O)(=O)c1ccc(F)cc1F. The first-order valence-corrected chi connectivity index (χ1v) is 7.43. The standard InChI is InChI=1S/C12H13F2NO5S/c1-12(11(16)17)6-20-5-10(12)15-21(18,19)9-3-2-7(13)4-8(9)14/h2-4,10,15H,5-6H2,1H3,(H,16,17). The van der Waals surface area contributed by atoms with Crippen LogP contribution in [0.3, 0.4) is 0 Å². The van der Waals surface area contributed by atoms with Crippen LogP contribution in [0.15, 0.2) is 23.1 Å². The van der Waals surface area contributed by atoms with E-state index >= 15 is 0 Å². The Morgan fingerprint density at radius 2 is 2.14 bits per heavy atom. The number of aliphatic carboxylic acids is 1. The number of halogens is 2. The molecule has 21 heavy (non-hydrogen) atoms. The van der Waals surface area contributed by atoms with Gasteiger partial charge in [0.2, 0.25) is 10.0 Å². The van der Waals surface area contributed by atoms with Crippen molar-refractivity contribution in [3.05, 3.63) is 29.8 Å². The maximum absolute atomic E-state index is 13.6. The number of hydrogen-bond donors (Lipinski definition) is 2. The number of ether oxygens (including phenoxy) is 1. The number of hydrogen-bond acceptors (Lipinski definition) is 4. The van der Waals surface area contributed by atoms with E-state index in [1.165, 1.54) is 6.92 Å². The van der Waals surface area contributed by atoms with Crippen molar-refractivity contribution in [3.63, 3.8) is 0 Å². The van der Waals surface area contributed by atoms with Crippen LogP contribution in [0.1, 0.15) is 6.92 Å². The molecule has 0 aliphatic carbocycles. The Morgan fingerprint density at radius 3 is 2.71 bits per heavy atom. The number of rotatable bonds is 4. The second-order valence-corrected chi connectivity index (χ2v) is 6.67. The highest BCUT2D eigenvalue weighted by Crippen LogP contribution is 2.30. The third-order valence-corrected chi connectivity index (χ3v) is 4.93. The molecule has 1 aliphatic heterocycles. The van der Waals surface area contributed by atoms with Gasteiger partial charge in [0.15, 0.2) is 0 Å². The van der Waals surface area contributed by atoms with Crippen molar-refractivity contribution in [1.29, 1.82) is 0 Å². The lowest BCUT2D eigenvalue weighted by Gasteiger charge is -2.25. The zero-order valence-electron chi connectivity index (χ0n) is 11.0. The lowest BCUT2D eigenvalue weighted by atomic mass is 9.86. The van der Waals surface area contributed by atoms with Gasteiger partial charge in [0, 0.05) is 6.07 Å². The quantitative estimate of drug-likeness (QED) is 0.853. The summed E-state index contributed by atoms with van der Waals surface area (Å²) in [6.45, 7) is 1.02. The van der Waals surface area contributed by atoms with E-state index in [4.69, 9.17) is 9.84 Å². The summed E-state index contributed by atoms with van der Waals surface area (Å²) in [6.07, 6.45) is 0. The predicted octanol–water partition coefficient (Wildman–Crippen LogP) is 0.733. The Balaban J connectivity index is 2.31. The number of benzene rings is 1. The van der Waals surface area contributed by atoms with Crippen LogP contribution in [-0.4, -0.2) is 38.7 Å². The Hall–Kier alpha value is -1.58. The minimum absolute atomic E-state index is 0.148. The molecule has 2 unspecified atom stereocenters. The minimum atomic E-state index is -4.33. The number of sulfonamides is 1. The van der Waals surface area contributed by atoms with Gasteiger partial charge in [-0.2, -0.15) is 0 Å². The smallest absolute Gasteiger partial charge is 0.313 e. The monoisotopic (exact) mass is 321 g/mol. The molecule has 1 heterocycles. The van der Waals surface area contributed by atoms with Crippen LogP contribution >= 0.6 is 0 Å². The van der Waals surface area contributed by atoms with Gasteiger partial charge >= 0.3 is 5.97 Å². The molecule has 2 rings (SSSR count). The van der Waals surface area contributed by atoms with Crippen molar-refractivity contribution in [3.8, 4) is 0 Å². The first-order valence-electron chi connectivity index (χ1n) is 5.95. The van der Waals surface area contributed by atoms with E-state index in [9.17, 15) is 22.0 Å². The first-order chi connectivity index (χ1) is 9.67. The van der Waals surface area contributed by atoms with E-state index < -0.39 is 44.0 Å². The lowest BCUT2D eigenvalue weighted by molar-refractivity contribution is -0.148. The normalized spacial score (nSPS) is 26.0. The molecule has 2 N–H and O–H groups in total. The number of carboxylic acid groups (broad SMARTS) is 1. The van der Waals surface area contributed by atoms with Crippen molar-refractivity contribution < 1.29 is 31.8 Å². The summed E-state index contributed by atoms with van der Waals surface area (Å²) in [5, 5.41) is 9.16. The highest BCUT2D eigenvalue weighted by molar-refractivity contribution is 7.89. The Labute approximate surface area is 119 Å². The molecule has 2 atom stereocenters. The summed E-state index contributed by atoms with van der Waals surface area (Å²) in [5.41, 5.74) is -1.45. The molecule has 0 radical (unpaired) electrons. The highest BCUT2D eigenvalue weighted by atomic mass is 32.2. The Morgan fingerprint density at radius 1 is 1.48 bits per heavy atom. The fraction of sp³-hybridized carbons (Fsp3) is 0.417. The fourth-order valence-corrected chi connectivity index (χ4v) is 3.38. The molecular formula is C12H13F2NO5S. The van der Waals surface area contributed by atoms with Gasteiger partial charge in [-0.1, -0.05) is 0 Å². The van der Waals surface area contributed by atoms with Gasteiger partial charge in [0.25, 0.3) is 0 Å². The van der Waals surface area contributed by atoms with Crippen LogP contribution in [0, 0.1) is 17.0 Å². The lowest BCUT2D eigenvalue weighted by Crippen LogP contribution is -2.49. The second-order valence-electron chi connectivity index (χ2n) is 4.99. The third-order valence-electron chi connectivity index (χ3n) is 3.42. The van der Waals surface area contributed by atoms with Gasteiger partial charge in [-0.3, -0.25) is 4.79 Å². The molecule has 6 nitrogen and oxygen atoms in total. The minimum Gasteiger partial charge on any atom is -0.481 e. The summed E-state index contributed by atoms with van der Waals surface area (Å²) in [4.78, 5) is 10.5. The average Bonchev–Trinajstić information content (AvgIpc) is 2.71. The van der Waals surface area contributed by atoms with Gasteiger partial charge < -0.3 is 9.84 Å². The van der Waals surface area contributed by atoms with Crippen molar-refractivity contribution in [2.45, 2.75) is 17.9 Å². The van der Waals surface area contributed by atoms with Gasteiger partial charge in [-0.05, 0) is 19.1 Å². The number of carboxylic acids is 1. The Kier molecular flexibility index (Phi) is 4.00. The highest BCUT2D eigenvalue weighted by Gasteiger charge is 2.48. The third kappa shape index (κ3) is 2.89. The van der Waals surface area contributed by atoms with Gasteiger partial charge in [0.1, 0.15) is 21.9 Å². The second kappa shape index (κ2) is 5.32. The molecule has 1 fully saturated rings. The molecule has 0 spiro atoms. The van der Waals surface area contributed by atoms with Crippen molar-refractivity contribution in [2.75, 3.05) is 13.2 Å². The van der Waals surface area contributed by atoms with Crippen LogP contribution in [0.2, 0.25) is 0 Å². The fourth-order valence-electron chi connectivity index (χ4n) is 1.99. The first kappa shape index (κ1) is 15.8. The summed E-state index contributed by atoms with van der Waals surface area (Å²) >= 11 is 0. The summed E-state index contributed by atoms with van der Waals surface area (Å²) in [7, 11) is -4.33. The maximum Gasteiger partial charge on any atom is 0.313 e. The van der Waals surface area contributed by atoms with Gasteiger partial charge in [0.05, 0.1) is 19.3 Å². The average molecular weight is 321 g/mol. The van der Waals surface area contributed by atoms with Gasteiger partial charge in [-0.25, -0.2) is 21.9 Å². The van der Waals surface area contributed by atoms with Crippen LogP contribution in [-0.2, 0) is 19.6 Å². The topological polar surface area (TPSA) is 92.7 Å². The Bertz CT molecular complexity index is 678. The molecule has 9 heteroatoms. The van der Waals surface area contributed by atoms with E-state index in [0.717, 1.165) is 12.1 Å². The van der Waals surface area contributed by atoms with Crippen LogP contribution in [0.4, 0.5) is 8.78 Å². The number of carbonyl (C=O) groups is 1. The molecule has 1 aliphatic rings.